The van der Waals surface area contributed by atoms with Gasteiger partial charge in [-0.15, -0.1) is 0 Å². The molecule has 2 spiro atoms. The molecule has 4 aliphatic heterocycles. The van der Waals surface area contributed by atoms with E-state index in [-0.39, 0.29) is 0 Å². The zero-order chi connectivity index (χ0) is 76.2. The van der Waals surface area contributed by atoms with Crippen molar-refractivity contribution in [2.75, 3.05) is 4.90 Å². The van der Waals surface area contributed by atoms with E-state index >= 15 is 0 Å². The average Bonchev–Trinajstić information content (AvgIpc) is 1.32. The van der Waals surface area contributed by atoms with E-state index in [0.717, 1.165) is 17.1 Å². The largest absolute Gasteiger partial charge is 0.311 e. The molecule has 18 aromatic carbocycles. The van der Waals surface area contributed by atoms with Crippen LogP contribution in [0.5, 0.6) is 0 Å². The van der Waals surface area contributed by atoms with Gasteiger partial charge in [-0.25, -0.2) is 0 Å². The predicted molar refractivity (Wildman–Crippen MR) is 484 cm³/mol. The first kappa shape index (κ1) is 66.5. The lowest BCUT2D eigenvalue weighted by molar-refractivity contribution is 0.690. The van der Waals surface area contributed by atoms with Gasteiger partial charge in [-0.3, -0.25) is 0 Å². The zero-order valence-electron chi connectivity index (χ0n) is 63.0. The molecule has 7 heterocycles. The standard InChI is InChI=1S/C55H34N2S.C55H36N2S/c1-6-22-48-40(13-1)41-14-2-7-23-49(41)56(48)38-33-31-36(32-34-38)35-27-29-37(30-28-35)39-16-11-21-47-54(39)58-52-26-10-5-19-45(52)55(47)44-18-4-9-25-51(44)57-50-24-8-3-15-42(50)43-17-12-20-46(55)53(43)57;1-3-15-40(16-4-1)56(41-17-5-2-6-18-41)42-35-33-38(34-36-42)37-29-31-39(32-30-37)43-20-13-25-49-54(43)58-52-28-12-9-23-47(52)55(49)46-22-8-11-27-51(46)57-50-26-10-7-19-44(50)45-21-14-24-48(55)53(45)57/h1-34H;1-36H. The smallest absolute Gasteiger partial charge is 0.0764 e. The van der Waals surface area contributed by atoms with Crippen molar-refractivity contribution < 1.29 is 0 Å². The third kappa shape index (κ3) is 9.66. The minimum Gasteiger partial charge on any atom is -0.311 e. The number of nitrogens with zero attached hydrogens (tertiary/aromatic N) is 4. The van der Waals surface area contributed by atoms with Crippen LogP contribution >= 0.6 is 23.5 Å². The fourth-order valence-corrected chi connectivity index (χ4v) is 22.9. The highest BCUT2D eigenvalue weighted by molar-refractivity contribution is 8.00. The molecule has 4 nitrogen and oxygen atoms in total. The Morgan fingerprint density at radius 3 is 0.922 bits per heavy atom. The number of para-hydroxylation sites is 10. The van der Waals surface area contributed by atoms with Gasteiger partial charge in [0.2, 0.25) is 0 Å². The normalized spacial score (nSPS) is 15.1. The third-order valence-corrected chi connectivity index (χ3v) is 27.5. The van der Waals surface area contributed by atoms with Gasteiger partial charge in [0, 0.05) is 74.6 Å². The molecule has 0 N–H and O–H groups in total. The van der Waals surface area contributed by atoms with E-state index in [0.29, 0.717) is 0 Å². The Labute approximate surface area is 680 Å². The molecule has 25 rings (SSSR count). The summed E-state index contributed by atoms with van der Waals surface area (Å²) in [4.78, 5) is 7.55. The van der Waals surface area contributed by atoms with Crippen molar-refractivity contribution in [3.05, 3.63) is 469 Å². The number of fused-ring (bicyclic) bond motifs is 25. The monoisotopic (exact) mass is 1510 g/mol. The Balaban J connectivity index is 0.000000133. The summed E-state index contributed by atoms with van der Waals surface area (Å²) in [5.41, 5.74) is 34.1. The van der Waals surface area contributed by atoms with E-state index in [1.807, 2.05) is 23.5 Å². The van der Waals surface area contributed by atoms with Crippen LogP contribution in [0, 0.1) is 0 Å². The van der Waals surface area contributed by atoms with E-state index in [1.54, 1.807) is 0 Å². The molecule has 21 aromatic rings. The first-order chi connectivity index (χ1) is 57.6. The summed E-state index contributed by atoms with van der Waals surface area (Å²) in [6.07, 6.45) is 0. The maximum Gasteiger partial charge on any atom is 0.0764 e. The fourth-order valence-electron chi connectivity index (χ4n) is 20.2. The van der Waals surface area contributed by atoms with Gasteiger partial charge in [-0.05, 0) is 186 Å². The van der Waals surface area contributed by atoms with Crippen molar-refractivity contribution in [3.8, 4) is 61.6 Å². The minimum absolute atomic E-state index is 0.494. The van der Waals surface area contributed by atoms with E-state index in [9.17, 15) is 0 Å². The highest BCUT2D eigenvalue weighted by atomic mass is 32.2. The lowest BCUT2D eigenvalue weighted by Gasteiger charge is -2.45. The molecule has 0 fully saturated rings. The summed E-state index contributed by atoms with van der Waals surface area (Å²) < 4.78 is 7.41. The SMILES string of the molecule is c1ccc(N(c2ccccc2)c2ccc(-c3ccc(-c4cccc5c4Sc4ccccc4C54c5ccccc5-n5c6ccccc6c6cccc4c65)cc3)cc2)cc1.c1ccc2c(c1)Sc1c(-c3ccc(-c4ccc(-n5c6ccccc6c6ccccc65)cc4)cc3)cccc1C21c2ccccc2-n2c3ccccc3c3cccc1c32. The molecule has 3 aromatic heterocycles. The van der Waals surface area contributed by atoms with Gasteiger partial charge in [0.15, 0.2) is 0 Å². The third-order valence-electron chi connectivity index (χ3n) is 25.1. The zero-order valence-corrected chi connectivity index (χ0v) is 64.7. The van der Waals surface area contributed by atoms with Crippen molar-refractivity contribution >= 4 is 106 Å². The molecule has 6 heteroatoms. The summed E-state index contributed by atoms with van der Waals surface area (Å²) in [5.74, 6) is 0. The van der Waals surface area contributed by atoms with Crippen LogP contribution in [0.15, 0.2) is 444 Å². The van der Waals surface area contributed by atoms with E-state index in [4.69, 9.17) is 0 Å². The van der Waals surface area contributed by atoms with Gasteiger partial charge in [-0.1, -0.05) is 351 Å². The molecule has 0 amide bonds. The summed E-state index contributed by atoms with van der Waals surface area (Å²) in [6, 6.07) is 157. The maximum absolute atomic E-state index is 2.52. The van der Waals surface area contributed by atoms with Crippen LogP contribution in [-0.2, 0) is 10.8 Å². The van der Waals surface area contributed by atoms with Crippen LogP contribution in [0.2, 0.25) is 0 Å². The number of hydrogen-bond donors (Lipinski definition) is 0. The van der Waals surface area contributed by atoms with Crippen molar-refractivity contribution in [3.63, 3.8) is 0 Å². The van der Waals surface area contributed by atoms with Crippen LogP contribution in [0.4, 0.5) is 17.1 Å². The van der Waals surface area contributed by atoms with Crippen LogP contribution < -0.4 is 4.90 Å². The van der Waals surface area contributed by atoms with E-state index in [1.165, 1.54) is 191 Å². The second-order valence-electron chi connectivity index (χ2n) is 30.8. The van der Waals surface area contributed by atoms with E-state index in [2.05, 4.69) is 443 Å². The van der Waals surface area contributed by atoms with Gasteiger partial charge in [0.1, 0.15) is 0 Å². The molecule has 116 heavy (non-hydrogen) atoms. The first-order valence-corrected chi connectivity index (χ1v) is 41.6. The molecule has 2 atom stereocenters. The number of hydrogen-bond acceptors (Lipinski definition) is 3. The Kier molecular flexibility index (Phi) is 15.0. The van der Waals surface area contributed by atoms with Crippen molar-refractivity contribution in [2.45, 2.75) is 30.4 Å². The molecular weight excluding hydrogens is 1440 g/mol. The summed E-state index contributed by atoms with van der Waals surface area (Å²) >= 11 is 3.83. The summed E-state index contributed by atoms with van der Waals surface area (Å²) in [6.45, 7) is 0. The van der Waals surface area contributed by atoms with Crippen molar-refractivity contribution in [1.29, 1.82) is 0 Å². The van der Waals surface area contributed by atoms with E-state index < -0.39 is 10.8 Å². The number of aromatic nitrogens is 3. The minimum atomic E-state index is -0.497. The Morgan fingerprint density at radius 2 is 0.491 bits per heavy atom. The Morgan fingerprint density at radius 1 is 0.198 bits per heavy atom. The van der Waals surface area contributed by atoms with Crippen molar-refractivity contribution in [1.82, 2.24) is 13.7 Å². The Bertz CT molecular complexity index is 7470. The van der Waals surface area contributed by atoms with Gasteiger partial charge in [0.25, 0.3) is 0 Å². The highest BCUT2D eigenvalue weighted by Crippen LogP contribution is 2.64. The number of benzene rings is 18. The second kappa shape index (κ2) is 26.2. The maximum atomic E-state index is 2.52. The highest BCUT2D eigenvalue weighted by Gasteiger charge is 2.52. The lowest BCUT2D eigenvalue weighted by Crippen LogP contribution is -2.37. The molecule has 542 valence electrons. The van der Waals surface area contributed by atoms with Gasteiger partial charge in [-0.2, -0.15) is 0 Å². The van der Waals surface area contributed by atoms with Crippen LogP contribution in [0.3, 0.4) is 0 Å². The lowest BCUT2D eigenvalue weighted by atomic mass is 9.62. The second-order valence-corrected chi connectivity index (χ2v) is 32.9. The predicted octanol–water partition coefficient (Wildman–Crippen LogP) is 29.1. The molecular formula is C110H70N4S2. The molecule has 0 bridgehead atoms. The molecule has 4 aliphatic rings. The number of anilines is 3. The Hall–Kier alpha value is -14.1. The summed E-state index contributed by atoms with van der Waals surface area (Å²) in [7, 11) is 0. The molecule has 2 unspecified atom stereocenters. The van der Waals surface area contributed by atoms with Crippen LogP contribution in [-0.4, -0.2) is 13.7 Å². The molecule has 0 saturated heterocycles. The van der Waals surface area contributed by atoms with Gasteiger partial charge >= 0.3 is 0 Å². The molecule has 0 radical (unpaired) electrons. The van der Waals surface area contributed by atoms with Gasteiger partial charge in [0.05, 0.1) is 55.3 Å². The average molecular weight is 1510 g/mol. The van der Waals surface area contributed by atoms with Gasteiger partial charge < -0.3 is 18.6 Å². The molecule has 0 saturated carbocycles. The van der Waals surface area contributed by atoms with Crippen LogP contribution in [0.25, 0.3) is 127 Å². The topological polar surface area (TPSA) is 18.0 Å². The molecule has 0 aliphatic carbocycles. The quantitative estimate of drug-likeness (QED) is 0.151. The first-order valence-electron chi connectivity index (χ1n) is 40.0. The fraction of sp³-hybridized carbons (Fsp3) is 0.0182. The van der Waals surface area contributed by atoms with Crippen LogP contribution in [0.1, 0.15) is 44.5 Å². The number of rotatable bonds is 8. The van der Waals surface area contributed by atoms with Crippen molar-refractivity contribution in [2.24, 2.45) is 0 Å². The summed E-state index contributed by atoms with van der Waals surface area (Å²) in [5, 5.41) is 7.74.